The van der Waals surface area contributed by atoms with E-state index in [1.807, 2.05) is 12.1 Å². The van der Waals surface area contributed by atoms with Gasteiger partial charge in [0.25, 0.3) is 0 Å². The third-order valence-electron chi connectivity index (χ3n) is 5.48. The summed E-state index contributed by atoms with van der Waals surface area (Å²) in [6.07, 6.45) is 4.40. The van der Waals surface area contributed by atoms with Gasteiger partial charge in [0.2, 0.25) is 0 Å². The quantitative estimate of drug-likeness (QED) is 0.871. The standard InChI is InChI=1S/C16H19NO2/c18-16(19)10-3-1-9(2-4-10)8-17-15-13-11-5-6-12(7-11)14(13)15/h1-4,11-15,17H,5-8H2,(H,18,19). The number of carboxylic acids is 1. The molecule has 4 rings (SSSR count). The first-order valence-electron chi connectivity index (χ1n) is 7.29. The van der Waals surface area contributed by atoms with Gasteiger partial charge in [-0.3, -0.25) is 0 Å². The normalized spacial score (nSPS) is 38.2. The molecule has 3 saturated carbocycles. The van der Waals surface area contributed by atoms with Gasteiger partial charge in [-0.25, -0.2) is 4.79 Å². The lowest BCUT2D eigenvalue weighted by Gasteiger charge is -2.10. The predicted octanol–water partition coefficient (Wildman–Crippen LogP) is 2.52. The molecular formula is C16H19NO2. The van der Waals surface area contributed by atoms with Crippen molar-refractivity contribution in [3.8, 4) is 0 Å². The van der Waals surface area contributed by atoms with Crippen molar-refractivity contribution in [2.75, 3.05) is 0 Å². The Kier molecular flexibility index (Phi) is 2.46. The fourth-order valence-electron chi connectivity index (χ4n) is 4.60. The molecule has 4 atom stereocenters. The number of carboxylic acid groups (broad SMARTS) is 1. The number of nitrogens with one attached hydrogen (secondary N) is 1. The maximum atomic E-state index is 10.8. The molecule has 2 bridgehead atoms. The van der Waals surface area contributed by atoms with Crippen LogP contribution in [-0.4, -0.2) is 17.1 Å². The molecule has 19 heavy (non-hydrogen) atoms. The van der Waals surface area contributed by atoms with E-state index in [0.717, 1.165) is 36.3 Å². The van der Waals surface area contributed by atoms with Crippen molar-refractivity contribution in [2.24, 2.45) is 23.7 Å². The van der Waals surface area contributed by atoms with Gasteiger partial charge < -0.3 is 10.4 Å². The zero-order valence-electron chi connectivity index (χ0n) is 10.9. The zero-order chi connectivity index (χ0) is 13.0. The molecule has 3 aliphatic carbocycles. The van der Waals surface area contributed by atoms with Gasteiger partial charge >= 0.3 is 5.97 Å². The van der Waals surface area contributed by atoms with Gasteiger partial charge in [-0.2, -0.15) is 0 Å². The molecule has 100 valence electrons. The SMILES string of the molecule is O=C(O)c1ccc(CNC2C3C4CCC(C4)C23)cc1. The molecule has 0 aliphatic heterocycles. The molecule has 0 heterocycles. The third kappa shape index (κ3) is 1.79. The van der Waals surface area contributed by atoms with E-state index in [0.29, 0.717) is 5.56 Å². The Morgan fingerprint density at radius 3 is 2.37 bits per heavy atom. The summed E-state index contributed by atoms with van der Waals surface area (Å²) in [5.74, 6) is 3.06. The van der Waals surface area contributed by atoms with Crippen LogP contribution in [0, 0.1) is 23.7 Å². The van der Waals surface area contributed by atoms with Crippen LogP contribution in [-0.2, 0) is 6.54 Å². The molecule has 1 aromatic rings. The van der Waals surface area contributed by atoms with E-state index in [-0.39, 0.29) is 0 Å². The van der Waals surface area contributed by atoms with Crippen LogP contribution in [0.15, 0.2) is 24.3 Å². The van der Waals surface area contributed by atoms with E-state index in [9.17, 15) is 4.79 Å². The summed E-state index contributed by atoms with van der Waals surface area (Å²) in [5.41, 5.74) is 1.55. The minimum Gasteiger partial charge on any atom is -0.478 e. The first-order valence-corrected chi connectivity index (χ1v) is 7.29. The largest absolute Gasteiger partial charge is 0.478 e. The zero-order valence-corrected chi connectivity index (χ0v) is 10.9. The molecule has 0 aromatic heterocycles. The van der Waals surface area contributed by atoms with Crippen LogP contribution in [0.3, 0.4) is 0 Å². The lowest BCUT2D eigenvalue weighted by atomic mass is 10.0. The number of hydrogen-bond acceptors (Lipinski definition) is 2. The molecule has 4 unspecified atom stereocenters. The smallest absolute Gasteiger partial charge is 0.335 e. The third-order valence-corrected chi connectivity index (χ3v) is 5.48. The molecule has 3 aliphatic rings. The van der Waals surface area contributed by atoms with Crippen molar-refractivity contribution in [1.82, 2.24) is 5.32 Å². The average Bonchev–Trinajstić information content (AvgIpc) is 2.80. The van der Waals surface area contributed by atoms with Gasteiger partial charge in [0.1, 0.15) is 0 Å². The molecule has 3 heteroatoms. The summed E-state index contributed by atoms with van der Waals surface area (Å²) >= 11 is 0. The van der Waals surface area contributed by atoms with E-state index in [1.165, 1.54) is 24.8 Å². The summed E-state index contributed by atoms with van der Waals surface area (Å²) in [6, 6.07) is 7.96. The lowest BCUT2D eigenvalue weighted by Crippen LogP contribution is -2.22. The Bertz CT molecular complexity index is 494. The van der Waals surface area contributed by atoms with E-state index in [1.54, 1.807) is 12.1 Å². The number of fused-ring (bicyclic) bond motifs is 5. The van der Waals surface area contributed by atoms with E-state index in [2.05, 4.69) is 5.32 Å². The Labute approximate surface area is 113 Å². The van der Waals surface area contributed by atoms with Gasteiger partial charge in [-0.1, -0.05) is 12.1 Å². The maximum Gasteiger partial charge on any atom is 0.335 e. The fourth-order valence-corrected chi connectivity index (χ4v) is 4.60. The molecule has 0 spiro atoms. The van der Waals surface area contributed by atoms with Crippen molar-refractivity contribution < 1.29 is 9.90 Å². The molecule has 2 N–H and O–H groups in total. The van der Waals surface area contributed by atoms with Crippen LogP contribution >= 0.6 is 0 Å². The highest BCUT2D eigenvalue weighted by Crippen LogP contribution is 2.65. The Hall–Kier alpha value is -1.35. The summed E-state index contributed by atoms with van der Waals surface area (Å²) in [4.78, 5) is 10.8. The fraction of sp³-hybridized carbons (Fsp3) is 0.562. The minimum atomic E-state index is -0.854. The van der Waals surface area contributed by atoms with Gasteiger partial charge in [0, 0.05) is 12.6 Å². The number of carbonyl (C=O) groups is 1. The van der Waals surface area contributed by atoms with Crippen molar-refractivity contribution in [3.63, 3.8) is 0 Å². The van der Waals surface area contributed by atoms with Crippen molar-refractivity contribution >= 4 is 5.97 Å². The summed E-state index contributed by atoms with van der Waals surface area (Å²) in [6.45, 7) is 0.872. The highest BCUT2D eigenvalue weighted by atomic mass is 16.4. The first-order chi connectivity index (χ1) is 9.24. The monoisotopic (exact) mass is 257 g/mol. The molecule has 3 fully saturated rings. The lowest BCUT2D eigenvalue weighted by molar-refractivity contribution is 0.0697. The van der Waals surface area contributed by atoms with Gasteiger partial charge in [-0.05, 0) is 60.6 Å². The van der Waals surface area contributed by atoms with Crippen LogP contribution < -0.4 is 5.32 Å². The van der Waals surface area contributed by atoms with Gasteiger partial charge in [0.15, 0.2) is 0 Å². The first kappa shape index (κ1) is 11.5. The summed E-state index contributed by atoms with van der Waals surface area (Å²) in [7, 11) is 0. The van der Waals surface area contributed by atoms with Crippen molar-refractivity contribution in [2.45, 2.75) is 31.8 Å². The Morgan fingerprint density at radius 1 is 1.16 bits per heavy atom. The van der Waals surface area contributed by atoms with E-state index >= 15 is 0 Å². The second-order valence-electron chi connectivity index (χ2n) is 6.40. The van der Waals surface area contributed by atoms with E-state index < -0.39 is 5.97 Å². The number of aromatic carboxylic acids is 1. The molecule has 3 nitrogen and oxygen atoms in total. The number of hydrogen-bond donors (Lipinski definition) is 2. The highest BCUT2D eigenvalue weighted by Gasteiger charge is 2.64. The van der Waals surface area contributed by atoms with Crippen molar-refractivity contribution in [3.05, 3.63) is 35.4 Å². The molecule has 0 amide bonds. The summed E-state index contributed by atoms with van der Waals surface area (Å²) in [5, 5.41) is 12.5. The second kappa shape index (κ2) is 4.07. The Morgan fingerprint density at radius 2 is 1.79 bits per heavy atom. The molecular weight excluding hydrogens is 238 g/mol. The topological polar surface area (TPSA) is 49.3 Å². The second-order valence-corrected chi connectivity index (χ2v) is 6.40. The van der Waals surface area contributed by atoms with E-state index in [4.69, 9.17) is 5.11 Å². The number of rotatable bonds is 4. The van der Waals surface area contributed by atoms with Crippen LogP contribution in [0.1, 0.15) is 35.2 Å². The summed E-state index contributed by atoms with van der Waals surface area (Å²) < 4.78 is 0. The maximum absolute atomic E-state index is 10.8. The van der Waals surface area contributed by atoms with Crippen LogP contribution in [0.5, 0.6) is 0 Å². The van der Waals surface area contributed by atoms with Crippen LogP contribution in [0.4, 0.5) is 0 Å². The molecule has 1 aromatic carbocycles. The van der Waals surface area contributed by atoms with Crippen LogP contribution in [0.25, 0.3) is 0 Å². The molecule has 0 radical (unpaired) electrons. The minimum absolute atomic E-state index is 0.366. The highest BCUT2D eigenvalue weighted by molar-refractivity contribution is 5.87. The van der Waals surface area contributed by atoms with Gasteiger partial charge in [-0.15, -0.1) is 0 Å². The van der Waals surface area contributed by atoms with Crippen molar-refractivity contribution in [1.29, 1.82) is 0 Å². The van der Waals surface area contributed by atoms with Crippen LogP contribution in [0.2, 0.25) is 0 Å². The number of benzene rings is 1. The Balaban J connectivity index is 1.35. The molecule has 0 saturated heterocycles. The average molecular weight is 257 g/mol. The predicted molar refractivity (Wildman–Crippen MR) is 71.8 cm³/mol. The van der Waals surface area contributed by atoms with Gasteiger partial charge in [0.05, 0.1) is 5.56 Å².